The highest BCUT2D eigenvalue weighted by Crippen LogP contribution is 2.13. The van der Waals surface area contributed by atoms with Crippen LogP contribution in [-0.4, -0.2) is 30.2 Å². The molecule has 2 atom stereocenters. The number of ether oxygens (including phenoxy) is 1. The standard InChI is InChI=1S/C16H22N2O2S/c17-15(21)14(10-12-6-2-1-3-7-12)16(19)18-11-13-8-4-5-9-20-13/h1-3,6-7,13-14H,4-5,8-11H2,(H2,17,21)(H,18,19). The first-order valence-corrected chi connectivity index (χ1v) is 7.80. The van der Waals surface area contributed by atoms with Crippen LogP contribution in [0.25, 0.3) is 0 Å². The molecule has 0 aliphatic carbocycles. The highest BCUT2D eigenvalue weighted by molar-refractivity contribution is 7.80. The molecule has 0 radical (unpaired) electrons. The molecule has 1 aliphatic rings. The van der Waals surface area contributed by atoms with Crippen molar-refractivity contribution in [2.24, 2.45) is 11.7 Å². The third-order valence-electron chi connectivity index (χ3n) is 3.72. The van der Waals surface area contributed by atoms with Crippen LogP contribution in [-0.2, 0) is 16.0 Å². The average molecular weight is 306 g/mol. The maximum Gasteiger partial charge on any atom is 0.230 e. The minimum absolute atomic E-state index is 0.111. The van der Waals surface area contributed by atoms with E-state index in [0.29, 0.717) is 13.0 Å². The highest BCUT2D eigenvalue weighted by Gasteiger charge is 2.23. The van der Waals surface area contributed by atoms with Gasteiger partial charge in [0, 0.05) is 13.2 Å². The van der Waals surface area contributed by atoms with Gasteiger partial charge < -0.3 is 15.8 Å². The summed E-state index contributed by atoms with van der Waals surface area (Å²) in [6.45, 7) is 1.32. The average Bonchev–Trinajstić information content (AvgIpc) is 2.52. The summed E-state index contributed by atoms with van der Waals surface area (Å²) in [5, 5.41) is 2.92. The fraction of sp³-hybridized carbons (Fsp3) is 0.500. The van der Waals surface area contributed by atoms with Crippen molar-refractivity contribution in [1.82, 2.24) is 5.32 Å². The Morgan fingerprint density at radius 2 is 2.14 bits per heavy atom. The van der Waals surface area contributed by atoms with Gasteiger partial charge in [-0.15, -0.1) is 0 Å². The molecule has 5 heteroatoms. The molecule has 21 heavy (non-hydrogen) atoms. The van der Waals surface area contributed by atoms with Crippen LogP contribution in [0.5, 0.6) is 0 Å². The van der Waals surface area contributed by atoms with Gasteiger partial charge in [-0.05, 0) is 31.2 Å². The molecule has 1 aromatic rings. The highest BCUT2D eigenvalue weighted by atomic mass is 32.1. The maximum absolute atomic E-state index is 12.3. The van der Waals surface area contributed by atoms with Crippen molar-refractivity contribution >= 4 is 23.1 Å². The monoisotopic (exact) mass is 306 g/mol. The van der Waals surface area contributed by atoms with E-state index in [0.717, 1.165) is 31.4 Å². The molecule has 4 nitrogen and oxygen atoms in total. The lowest BCUT2D eigenvalue weighted by Gasteiger charge is -2.24. The van der Waals surface area contributed by atoms with Crippen LogP contribution in [0.2, 0.25) is 0 Å². The lowest BCUT2D eigenvalue weighted by molar-refractivity contribution is -0.123. The van der Waals surface area contributed by atoms with Gasteiger partial charge in [0.15, 0.2) is 0 Å². The Bertz CT molecular complexity index is 472. The largest absolute Gasteiger partial charge is 0.393 e. The fourth-order valence-corrected chi connectivity index (χ4v) is 2.67. The van der Waals surface area contributed by atoms with Gasteiger partial charge >= 0.3 is 0 Å². The molecule has 1 aromatic carbocycles. The molecule has 0 saturated carbocycles. The Balaban J connectivity index is 1.88. The number of benzene rings is 1. The first kappa shape index (κ1) is 15.9. The minimum atomic E-state index is -0.467. The van der Waals surface area contributed by atoms with Gasteiger partial charge in [-0.1, -0.05) is 42.5 Å². The molecule has 3 N–H and O–H groups in total. The normalized spacial score (nSPS) is 19.7. The molecule has 1 heterocycles. The lowest BCUT2D eigenvalue weighted by atomic mass is 9.98. The number of nitrogens with one attached hydrogen (secondary N) is 1. The summed E-state index contributed by atoms with van der Waals surface area (Å²) in [5.41, 5.74) is 6.79. The SMILES string of the molecule is NC(=S)C(Cc1ccccc1)C(=O)NCC1CCCCO1. The Morgan fingerprint density at radius 3 is 2.76 bits per heavy atom. The summed E-state index contributed by atoms with van der Waals surface area (Å²) in [5.74, 6) is -0.577. The molecule has 0 spiro atoms. The van der Waals surface area contributed by atoms with Gasteiger partial charge in [0.1, 0.15) is 0 Å². The van der Waals surface area contributed by atoms with Crippen LogP contribution in [0, 0.1) is 5.92 Å². The lowest BCUT2D eigenvalue weighted by Crippen LogP contribution is -2.43. The Kier molecular flexibility index (Phi) is 6.14. The Hall–Kier alpha value is -1.46. The van der Waals surface area contributed by atoms with Crippen LogP contribution < -0.4 is 11.1 Å². The van der Waals surface area contributed by atoms with E-state index in [1.54, 1.807) is 0 Å². The minimum Gasteiger partial charge on any atom is -0.393 e. The van der Waals surface area contributed by atoms with Gasteiger partial charge in [0.2, 0.25) is 5.91 Å². The van der Waals surface area contributed by atoms with Crippen molar-refractivity contribution in [3.63, 3.8) is 0 Å². The molecular weight excluding hydrogens is 284 g/mol. The first-order valence-electron chi connectivity index (χ1n) is 7.39. The molecule has 114 valence electrons. The predicted molar refractivity (Wildman–Crippen MR) is 87.0 cm³/mol. The summed E-state index contributed by atoms with van der Waals surface area (Å²) < 4.78 is 5.61. The third kappa shape index (κ3) is 5.10. The number of carbonyl (C=O) groups excluding carboxylic acids is 1. The summed E-state index contributed by atoms with van der Waals surface area (Å²) >= 11 is 5.05. The Labute approximate surface area is 131 Å². The number of hydrogen-bond acceptors (Lipinski definition) is 3. The third-order valence-corrected chi connectivity index (χ3v) is 4.01. The number of amides is 1. The molecule has 1 aliphatic heterocycles. The zero-order chi connectivity index (χ0) is 15.1. The molecular formula is C16H22N2O2S. The van der Waals surface area contributed by atoms with Crippen molar-refractivity contribution in [3.8, 4) is 0 Å². The van der Waals surface area contributed by atoms with Crippen LogP contribution in [0.4, 0.5) is 0 Å². The summed E-state index contributed by atoms with van der Waals surface area (Å²) in [4.78, 5) is 12.5. The van der Waals surface area contributed by atoms with E-state index >= 15 is 0 Å². The second-order valence-corrected chi connectivity index (χ2v) is 5.85. The van der Waals surface area contributed by atoms with Crippen LogP contribution in [0.15, 0.2) is 30.3 Å². The van der Waals surface area contributed by atoms with Crippen LogP contribution >= 0.6 is 12.2 Å². The van der Waals surface area contributed by atoms with E-state index in [9.17, 15) is 4.79 Å². The van der Waals surface area contributed by atoms with E-state index in [4.69, 9.17) is 22.7 Å². The van der Waals surface area contributed by atoms with E-state index in [2.05, 4.69) is 5.32 Å². The van der Waals surface area contributed by atoms with Gasteiger partial charge in [-0.2, -0.15) is 0 Å². The predicted octanol–water partition coefficient (Wildman–Crippen LogP) is 1.82. The van der Waals surface area contributed by atoms with Gasteiger partial charge in [-0.25, -0.2) is 0 Å². The summed E-state index contributed by atoms with van der Waals surface area (Å²) in [6, 6.07) is 9.78. The van der Waals surface area contributed by atoms with Gasteiger partial charge in [0.25, 0.3) is 0 Å². The molecule has 0 bridgehead atoms. The van der Waals surface area contributed by atoms with E-state index in [1.165, 1.54) is 0 Å². The first-order chi connectivity index (χ1) is 10.2. The number of thiocarbonyl (C=S) groups is 1. The number of hydrogen-bond donors (Lipinski definition) is 2. The van der Waals surface area contributed by atoms with Crippen LogP contribution in [0.1, 0.15) is 24.8 Å². The summed E-state index contributed by atoms with van der Waals surface area (Å²) in [6.07, 6.45) is 3.91. The van der Waals surface area contributed by atoms with E-state index < -0.39 is 5.92 Å². The van der Waals surface area contributed by atoms with Crippen molar-refractivity contribution in [2.75, 3.05) is 13.2 Å². The quantitative estimate of drug-likeness (QED) is 0.787. The molecule has 0 aromatic heterocycles. The van der Waals surface area contributed by atoms with Crippen molar-refractivity contribution in [1.29, 1.82) is 0 Å². The van der Waals surface area contributed by atoms with Crippen molar-refractivity contribution < 1.29 is 9.53 Å². The van der Waals surface area contributed by atoms with Crippen LogP contribution in [0.3, 0.4) is 0 Å². The smallest absolute Gasteiger partial charge is 0.230 e. The van der Waals surface area contributed by atoms with Crippen molar-refractivity contribution in [2.45, 2.75) is 31.8 Å². The fourth-order valence-electron chi connectivity index (χ4n) is 2.48. The topological polar surface area (TPSA) is 64.4 Å². The second kappa shape index (κ2) is 8.10. The Morgan fingerprint density at radius 1 is 1.38 bits per heavy atom. The molecule has 1 saturated heterocycles. The molecule has 1 fully saturated rings. The summed E-state index contributed by atoms with van der Waals surface area (Å²) in [7, 11) is 0. The van der Waals surface area contributed by atoms with Crippen molar-refractivity contribution in [3.05, 3.63) is 35.9 Å². The van der Waals surface area contributed by atoms with Gasteiger partial charge in [0.05, 0.1) is 17.0 Å². The number of rotatable bonds is 6. The molecule has 2 rings (SSSR count). The van der Waals surface area contributed by atoms with E-state index in [-0.39, 0.29) is 17.0 Å². The zero-order valence-corrected chi connectivity index (χ0v) is 12.9. The number of nitrogens with two attached hydrogens (primary N) is 1. The number of carbonyl (C=O) groups is 1. The molecule has 1 amide bonds. The van der Waals surface area contributed by atoms with Gasteiger partial charge in [-0.3, -0.25) is 4.79 Å². The second-order valence-electron chi connectivity index (χ2n) is 5.38. The maximum atomic E-state index is 12.3. The molecule has 2 unspecified atom stereocenters. The van der Waals surface area contributed by atoms with E-state index in [1.807, 2.05) is 30.3 Å². The zero-order valence-electron chi connectivity index (χ0n) is 12.1.